The summed E-state index contributed by atoms with van der Waals surface area (Å²) in [4.78, 5) is 12.5. The van der Waals surface area contributed by atoms with Crippen LogP contribution in [0.15, 0.2) is 47.4 Å². The maximum atomic E-state index is 12.4. The zero-order valence-corrected chi connectivity index (χ0v) is 16.8. The molecule has 0 radical (unpaired) electrons. The minimum atomic E-state index is -3.83. The molecule has 0 aliphatic heterocycles. The smallest absolute Gasteiger partial charge is 0.293 e. The molecule has 0 amide bonds. The lowest BCUT2D eigenvalue weighted by Gasteiger charge is -2.12. The lowest BCUT2D eigenvalue weighted by Crippen LogP contribution is -2.31. The van der Waals surface area contributed by atoms with E-state index in [0.717, 1.165) is 11.6 Å². The van der Waals surface area contributed by atoms with Gasteiger partial charge in [-0.2, -0.15) is 0 Å². The van der Waals surface area contributed by atoms with Crippen LogP contribution in [0.4, 0.5) is 11.4 Å². The number of rotatable bonds is 10. The molecule has 2 N–H and O–H groups in total. The van der Waals surface area contributed by atoms with E-state index in [1.807, 2.05) is 37.2 Å². The number of likely N-dealkylation sites (N-methyl/N-ethyl adjacent to an activating group) is 1. The van der Waals surface area contributed by atoms with Crippen molar-refractivity contribution in [1.82, 2.24) is 9.62 Å². The Morgan fingerprint density at radius 1 is 1.18 bits per heavy atom. The highest BCUT2D eigenvalue weighted by Gasteiger charge is 2.21. The molecule has 2 aromatic carbocycles. The summed E-state index contributed by atoms with van der Waals surface area (Å²) < 4.78 is 32.3. The van der Waals surface area contributed by atoms with Gasteiger partial charge in [0.25, 0.3) is 5.69 Å². The summed E-state index contributed by atoms with van der Waals surface area (Å²) >= 11 is 0. The van der Waals surface area contributed by atoms with Crippen molar-refractivity contribution in [3.8, 4) is 5.75 Å². The molecule has 0 spiro atoms. The molecule has 28 heavy (non-hydrogen) atoms. The van der Waals surface area contributed by atoms with Gasteiger partial charge in [0.05, 0.1) is 16.9 Å². The number of nitro groups is 1. The first-order valence-corrected chi connectivity index (χ1v) is 10.0. The molecule has 0 aliphatic rings. The van der Waals surface area contributed by atoms with Gasteiger partial charge in [-0.1, -0.05) is 12.1 Å². The first-order valence-electron chi connectivity index (χ1n) is 8.52. The van der Waals surface area contributed by atoms with Gasteiger partial charge < -0.3 is 15.0 Å². The maximum absolute atomic E-state index is 12.4. The molecule has 0 unspecified atom stereocenters. The highest BCUT2D eigenvalue weighted by Crippen LogP contribution is 2.28. The molecule has 152 valence electrons. The van der Waals surface area contributed by atoms with Gasteiger partial charge >= 0.3 is 0 Å². The van der Waals surface area contributed by atoms with Gasteiger partial charge in [-0.15, -0.1) is 0 Å². The Morgan fingerprint density at radius 2 is 1.93 bits per heavy atom. The monoisotopic (exact) mass is 408 g/mol. The lowest BCUT2D eigenvalue weighted by atomic mass is 10.2. The molecule has 0 aliphatic carbocycles. The molecule has 0 heterocycles. The number of nitrogens with zero attached hydrogens (tertiary/aromatic N) is 2. The lowest BCUT2D eigenvalue weighted by molar-refractivity contribution is -0.384. The normalized spacial score (nSPS) is 11.4. The Labute approximate surface area is 164 Å². The van der Waals surface area contributed by atoms with Crippen molar-refractivity contribution in [2.24, 2.45) is 0 Å². The van der Waals surface area contributed by atoms with E-state index in [2.05, 4.69) is 10.0 Å². The second-order valence-electron chi connectivity index (χ2n) is 6.34. The van der Waals surface area contributed by atoms with Crippen LogP contribution in [-0.4, -0.2) is 52.5 Å². The van der Waals surface area contributed by atoms with E-state index in [1.54, 1.807) is 13.2 Å². The van der Waals surface area contributed by atoms with E-state index in [0.29, 0.717) is 18.8 Å². The molecule has 10 heteroatoms. The maximum Gasteiger partial charge on any atom is 0.293 e. The highest BCUT2D eigenvalue weighted by atomic mass is 32.2. The number of ether oxygens (including phenoxy) is 1. The van der Waals surface area contributed by atoms with Crippen LogP contribution in [0, 0.1) is 10.1 Å². The average Bonchev–Trinajstić information content (AvgIpc) is 2.65. The molecule has 9 nitrogen and oxygen atoms in total. The number of nitro benzene ring substituents is 1. The second-order valence-corrected chi connectivity index (χ2v) is 8.11. The number of methoxy groups -OCH3 is 1. The van der Waals surface area contributed by atoms with Gasteiger partial charge in [0.1, 0.15) is 11.4 Å². The number of hydrogen-bond acceptors (Lipinski definition) is 7. The molecule has 0 bridgehead atoms. The number of benzene rings is 2. The van der Waals surface area contributed by atoms with Crippen LogP contribution in [0.3, 0.4) is 0 Å². The molecule has 0 saturated carbocycles. The van der Waals surface area contributed by atoms with Crippen LogP contribution in [0.5, 0.6) is 5.75 Å². The Morgan fingerprint density at radius 3 is 2.57 bits per heavy atom. The third-order valence-corrected chi connectivity index (χ3v) is 5.40. The van der Waals surface area contributed by atoms with Crippen molar-refractivity contribution in [3.05, 3.63) is 58.1 Å². The van der Waals surface area contributed by atoms with Crippen LogP contribution < -0.4 is 14.8 Å². The average molecular weight is 408 g/mol. The summed E-state index contributed by atoms with van der Waals surface area (Å²) in [6.45, 7) is 1.05. The zero-order valence-electron chi connectivity index (χ0n) is 16.0. The van der Waals surface area contributed by atoms with Gasteiger partial charge in [-0.25, -0.2) is 13.1 Å². The summed E-state index contributed by atoms with van der Waals surface area (Å²) in [5.41, 5.74) is 0.800. The third kappa shape index (κ3) is 5.91. The van der Waals surface area contributed by atoms with E-state index < -0.39 is 14.9 Å². The zero-order chi connectivity index (χ0) is 20.7. The van der Waals surface area contributed by atoms with Crippen LogP contribution >= 0.6 is 0 Å². The van der Waals surface area contributed by atoms with Gasteiger partial charge in [-0.05, 0) is 43.9 Å². The molecule has 2 aromatic rings. The van der Waals surface area contributed by atoms with Crippen molar-refractivity contribution in [2.45, 2.75) is 11.4 Å². The van der Waals surface area contributed by atoms with Gasteiger partial charge in [-0.3, -0.25) is 10.1 Å². The van der Waals surface area contributed by atoms with Crippen LogP contribution in [0.2, 0.25) is 0 Å². The van der Waals surface area contributed by atoms with E-state index in [9.17, 15) is 18.5 Å². The standard InChI is InChI=1S/C18H24N4O5S/c1-21(2)10-9-20-28(25,26)16-7-8-17(18(12-16)22(23)24)19-13-14-5-4-6-15(11-14)27-3/h4-8,11-12,19-20H,9-10,13H2,1-3H3. The largest absolute Gasteiger partial charge is 0.497 e. The van der Waals surface area contributed by atoms with Crippen molar-refractivity contribution in [2.75, 3.05) is 39.6 Å². The Bertz CT molecular complexity index is 931. The summed E-state index contributed by atoms with van der Waals surface area (Å²) in [5.74, 6) is 0.680. The molecular formula is C18H24N4O5S. The molecule has 0 fully saturated rings. The second kappa shape index (κ2) is 9.49. The molecule has 2 rings (SSSR count). The molecular weight excluding hydrogens is 384 g/mol. The first-order chi connectivity index (χ1) is 13.2. The Balaban J connectivity index is 2.19. The third-order valence-electron chi connectivity index (χ3n) is 3.94. The molecule has 0 aromatic heterocycles. The highest BCUT2D eigenvalue weighted by molar-refractivity contribution is 7.89. The molecule has 0 saturated heterocycles. The minimum Gasteiger partial charge on any atom is -0.497 e. The Kier molecular flexibility index (Phi) is 7.32. The predicted molar refractivity (Wildman–Crippen MR) is 107 cm³/mol. The van der Waals surface area contributed by atoms with Crippen molar-refractivity contribution in [1.29, 1.82) is 0 Å². The fourth-order valence-electron chi connectivity index (χ4n) is 2.45. The minimum absolute atomic E-state index is 0.148. The SMILES string of the molecule is COc1cccc(CNc2ccc(S(=O)(=O)NCCN(C)C)cc2[N+](=O)[O-])c1. The summed E-state index contributed by atoms with van der Waals surface area (Å²) in [6, 6.07) is 11.1. The van der Waals surface area contributed by atoms with E-state index >= 15 is 0 Å². The topological polar surface area (TPSA) is 114 Å². The van der Waals surface area contributed by atoms with Crippen molar-refractivity contribution >= 4 is 21.4 Å². The fraction of sp³-hybridized carbons (Fsp3) is 0.333. The number of hydrogen-bond donors (Lipinski definition) is 2. The van der Waals surface area contributed by atoms with Gasteiger partial charge in [0.15, 0.2) is 0 Å². The van der Waals surface area contributed by atoms with E-state index in [4.69, 9.17) is 4.74 Å². The van der Waals surface area contributed by atoms with Crippen molar-refractivity contribution in [3.63, 3.8) is 0 Å². The first kappa shape index (κ1) is 21.6. The van der Waals surface area contributed by atoms with E-state index in [1.165, 1.54) is 12.1 Å². The summed E-state index contributed by atoms with van der Waals surface area (Å²) in [5, 5.41) is 14.4. The van der Waals surface area contributed by atoms with Crippen LogP contribution in [-0.2, 0) is 16.6 Å². The quantitative estimate of drug-likeness (QED) is 0.457. The fourth-order valence-corrected chi connectivity index (χ4v) is 3.49. The van der Waals surface area contributed by atoms with Crippen molar-refractivity contribution < 1.29 is 18.1 Å². The van der Waals surface area contributed by atoms with Crippen LogP contribution in [0.1, 0.15) is 5.56 Å². The van der Waals surface area contributed by atoms with Gasteiger partial charge in [0.2, 0.25) is 10.0 Å². The Hall–Kier alpha value is -2.69. The molecule has 0 atom stereocenters. The number of anilines is 1. The summed E-state index contributed by atoms with van der Waals surface area (Å²) in [6.07, 6.45) is 0. The van der Waals surface area contributed by atoms with E-state index in [-0.39, 0.29) is 22.8 Å². The number of sulfonamides is 1. The number of nitrogens with one attached hydrogen (secondary N) is 2. The predicted octanol–water partition coefficient (Wildman–Crippen LogP) is 2.06. The van der Waals surface area contributed by atoms with Crippen LogP contribution in [0.25, 0.3) is 0 Å². The summed E-state index contributed by atoms with van der Waals surface area (Å²) in [7, 11) is 1.37. The van der Waals surface area contributed by atoms with Gasteiger partial charge in [0, 0.05) is 25.7 Å².